The van der Waals surface area contributed by atoms with Crippen LogP contribution in [0.1, 0.15) is 64.2 Å². The third kappa shape index (κ3) is 12.8. The Morgan fingerprint density at radius 1 is 1.11 bits per heavy atom. The lowest BCUT2D eigenvalue weighted by atomic mass is 10.1. The Hall–Kier alpha value is -1.23. The van der Waals surface area contributed by atoms with Crippen LogP contribution >= 0.6 is 0 Å². The number of hydrogen-bond acceptors (Lipinski definition) is 1. The minimum absolute atomic E-state index is 0.0809. The van der Waals surface area contributed by atoms with Crippen LogP contribution in [-0.2, 0) is 4.79 Å². The summed E-state index contributed by atoms with van der Waals surface area (Å²) in [6.45, 7) is 4.51. The minimum atomic E-state index is 0.0809. The summed E-state index contributed by atoms with van der Waals surface area (Å²) in [4.78, 5) is 11.2. The second-order valence-electron chi connectivity index (χ2n) is 4.61. The zero-order valence-electron chi connectivity index (χ0n) is 11.5. The van der Waals surface area contributed by atoms with Gasteiger partial charge in [-0.1, -0.05) is 38.2 Å². The van der Waals surface area contributed by atoms with E-state index in [-0.39, 0.29) is 5.91 Å². The first-order valence-electron chi connectivity index (χ1n) is 7.12. The second kappa shape index (κ2) is 13.8. The highest BCUT2D eigenvalue weighted by molar-refractivity contribution is 5.76. The quantitative estimate of drug-likeness (QED) is 0.318. The second-order valence-corrected chi connectivity index (χ2v) is 4.61. The van der Waals surface area contributed by atoms with Crippen LogP contribution in [0, 0.1) is 12.3 Å². The summed E-state index contributed by atoms with van der Waals surface area (Å²) in [5, 5.41) is 2.89. The van der Waals surface area contributed by atoms with Gasteiger partial charge in [0.25, 0.3) is 0 Å². The van der Waals surface area contributed by atoms with Gasteiger partial charge in [-0.05, 0) is 19.3 Å². The van der Waals surface area contributed by atoms with Crippen LogP contribution in [0.4, 0.5) is 0 Å². The van der Waals surface area contributed by atoms with Gasteiger partial charge in [-0.25, -0.2) is 0 Å². The first-order valence-corrected chi connectivity index (χ1v) is 7.12. The summed E-state index contributed by atoms with van der Waals surface area (Å²) >= 11 is 0. The van der Waals surface area contributed by atoms with Crippen molar-refractivity contribution in [1.82, 2.24) is 5.32 Å². The average molecular weight is 249 g/mol. The number of nitrogens with one attached hydrogen (secondary N) is 1. The molecule has 1 N–H and O–H groups in total. The summed E-state index contributed by atoms with van der Waals surface area (Å²) in [6, 6.07) is 0. The van der Waals surface area contributed by atoms with E-state index in [4.69, 9.17) is 6.42 Å². The van der Waals surface area contributed by atoms with Crippen molar-refractivity contribution in [3.05, 3.63) is 12.7 Å². The van der Waals surface area contributed by atoms with E-state index in [2.05, 4.69) is 17.8 Å². The van der Waals surface area contributed by atoms with Gasteiger partial charge in [0, 0.05) is 19.4 Å². The molecule has 102 valence electrons. The molecule has 0 saturated heterocycles. The molecule has 0 spiro atoms. The van der Waals surface area contributed by atoms with Crippen molar-refractivity contribution in [3.8, 4) is 12.3 Å². The number of rotatable bonds is 12. The van der Waals surface area contributed by atoms with E-state index in [0.717, 1.165) is 19.4 Å². The van der Waals surface area contributed by atoms with Crippen molar-refractivity contribution in [2.75, 3.05) is 6.54 Å². The maximum Gasteiger partial charge on any atom is 0.220 e. The van der Waals surface area contributed by atoms with Crippen LogP contribution in [0.2, 0.25) is 0 Å². The fourth-order valence-electron chi connectivity index (χ4n) is 1.80. The van der Waals surface area contributed by atoms with Gasteiger partial charge >= 0.3 is 0 Å². The molecule has 0 unspecified atom stereocenters. The summed E-state index contributed by atoms with van der Waals surface area (Å²) in [5.41, 5.74) is 0. The molecule has 0 atom stereocenters. The maximum atomic E-state index is 11.2. The highest BCUT2D eigenvalue weighted by Crippen LogP contribution is 2.08. The standard InChI is InChI=1S/C16H27NO/c1-3-5-7-8-9-10-11-12-13-15-17-16(18)14-6-4-2/h2-3H,1,5-15H2,(H,17,18). The molecule has 0 aromatic rings. The molecule has 0 radical (unpaired) electrons. The highest BCUT2D eigenvalue weighted by Gasteiger charge is 1.98. The Morgan fingerprint density at radius 3 is 2.33 bits per heavy atom. The fourth-order valence-corrected chi connectivity index (χ4v) is 1.80. The Morgan fingerprint density at radius 2 is 1.72 bits per heavy atom. The van der Waals surface area contributed by atoms with E-state index in [1.165, 1.54) is 38.5 Å². The predicted octanol–water partition coefficient (Wildman–Crippen LogP) is 3.82. The molecule has 0 rings (SSSR count). The van der Waals surface area contributed by atoms with E-state index in [0.29, 0.717) is 12.8 Å². The zero-order valence-corrected chi connectivity index (χ0v) is 11.5. The molecule has 0 aliphatic heterocycles. The molecule has 0 aliphatic carbocycles. The van der Waals surface area contributed by atoms with Gasteiger partial charge in [0.1, 0.15) is 0 Å². The molecule has 2 heteroatoms. The number of carbonyl (C=O) groups is 1. The van der Waals surface area contributed by atoms with Gasteiger partial charge in [0.05, 0.1) is 0 Å². The number of carbonyl (C=O) groups excluding carboxylic acids is 1. The lowest BCUT2D eigenvalue weighted by Crippen LogP contribution is -2.23. The minimum Gasteiger partial charge on any atom is -0.356 e. The van der Waals surface area contributed by atoms with Crippen LogP contribution in [0.15, 0.2) is 12.7 Å². The van der Waals surface area contributed by atoms with Crippen molar-refractivity contribution >= 4 is 5.91 Å². The number of allylic oxidation sites excluding steroid dienone is 1. The lowest BCUT2D eigenvalue weighted by Gasteiger charge is -2.04. The number of hydrogen-bond donors (Lipinski definition) is 1. The van der Waals surface area contributed by atoms with E-state index < -0.39 is 0 Å². The monoisotopic (exact) mass is 249 g/mol. The van der Waals surface area contributed by atoms with Crippen molar-refractivity contribution in [2.24, 2.45) is 0 Å². The molecule has 0 saturated carbocycles. The highest BCUT2D eigenvalue weighted by atomic mass is 16.1. The van der Waals surface area contributed by atoms with Crippen molar-refractivity contribution in [3.63, 3.8) is 0 Å². The molecule has 0 bridgehead atoms. The van der Waals surface area contributed by atoms with Gasteiger partial charge in [-0.3, -0.25) is 4.79 Å². The fraction of sp³-hybridized carbons (Fsp3) is 0.688. The molecule has 0 aromatic heterocycles. The Bertz CT molecular complexity index is 252. The van der Waals surface area contributed by atoms with E-state index in [1.54, 1.807) is 0 Å². The lowest BCUT2D eigenvalue weighted by molar-refractivity contribution is -0.120. The van der Waals surface area contributed by atoms with E-state index in [1.807, 2.05) is 6.08 Å². The zero-order chi connectivity index (χ0) is 13.5. The number of unbranched alkanes of at least 4 members (excludes halogenated alkanes) is 7. The third-order valence-corrected chi connectivity index (χ3v) is 2.90. The SMILES string of the molecule is C#CCCC(=O)NCCCCCCCCCC=C. The Labute approximate surface area is 112 Å². The maximum absolute atomic E-state index is 11.2. The van der Waals surface area contributed by atoms with Gasteiger partial charge in [-0.15, -0.1) is 18.9 Å². The van der Waals surface area contributed by atoms with E-state index >= 15 is 0 Å². The van der Waals surface area contributed by atoms with Crippen LogP contribution < -0.4 is 5.32 Å². The molecule has 18 heavy (non-hydrogen) atoms. The average Bonchev–Trinajstić information content (AvgIpc) is 2.38. The van der Waals surface area contributed by atoms with Crippen LogP contribution in [-0.4, -0.2) is 12.5 Å². The van der Waals surface area contributed by atoms with Crippen LogP contribution in [0.3, 0.4) is 0 Å². The van der Waals surface area contributed by atoms with Gasteiger partial charge < -0.3 is 5.32 Å². The molecular weight excluding hydrogens is 222 g/mol. The molecular formula is C16H27NO. The molecule has 0 heterocycles. The van der Waals surface area contributed by atoms with Crippen molar-refractivity contribution < 1.29 is 4.79 Å². The molecule has 1 amide bonds. The summed E-state index contributed by atoms with van der Waals surface area (Å²) in [6.07, 6.45) is 18.0. The molecule has 0 fully saturated rings. The van der Waals surface area contributed by atoms with Crippen LogP contribution in [0.25, 0.3) is 0 Å². The first-order chi connectivity index (χ1) is 8.81. The van der Waals surface area contributed by atoms with Gasteiger partial charge in [-0.2, -0.15) is 0 Å². The smallest absolute Gasteiger partial charge is 0.220 e. The summed E-state index contributed by atoms with van der Waals surface area (Å²) in [5.74, 6) is 2.55. The molecule has 0 aliphatic rings. The van der Waals surface area contributed by atoms with Crippen LogP contribution in [0.5, 0.6) is 0 Å². The Kier molecular flexibility index (Phi) is 12.9. The van der Waals surface area contributed by atoms with Crippen molar-refractivity contribution in [1.29, 1.82) is 0 Å². The number of amides is 1. The molecule has 2 nitrogen and oxygen atoms in total. The third-order valence-electron chi connectivity index (χ3n) is 2.90. The largest absolute Gasteiger partial charge is 0.356 e. The predicted molar refractivity (Wildman–Crippen MR) is 78.2 cm³/mol. The normalized spacial score (nSPS) is 9.72. The summed E-state index contributed by atoms with van der Waals surface area (Å²) < 4.78 is 0. The first kappa shape index (κ1) is 16.8. The summed E-state index contributed by atoms with van der Waals surface area (Å²) in [7, 11) is 0. The molecule has 0 aromatic carbocycles. The van der Waals surface area contributed by atoms with Crippen molar-refractivity contribution in [2.45, 2.75) is 64.2 Å². The van der Waals surface area contributed by atoms with Gasteiger partial charge in [0.15, 0.2) is 0 Å². The number of terminal acetylenes is 1. The Balaban J connectivity index is 3.09. The van der Waals surface area contributed by atoms with Gasteiger partial charge in [0.2, 0.25) is 5.91 Å². The topological polar surface area (TPSA) is 29.1 Å². The van der Waals surface area contributed by atoms with E-state index in [9.17, 15) is 4.79 Å².